The smallest absolute Gasteiger partial charge is 0.251 e. The number of hydrogen-bond donors (Lipinski definition) is 2. The second-order valence-corrected chi connectivity index (χ2v) is 6.36. The number of nitrogens with two attached hydrogens (primary N) is 1. The molecule has 2 amide bonds. The van der Waals surface area contributed by atoms with E-state index in [1.165, 1.54) is 0 Å². The normalized spacial score (nSPS) is 10.6. The predicted octanol–water partition coefficient (Wildman–Crippen LogP) is 2.41. The standard InChI is InChI=1S/C20H25N3O2/c1-14(2)22-20(25)17-9-7-16(8-10-17)18-6-4-5-15(11-18)13-23(3)19(24)12-21/h4-11,14H,12-13,21H2,1-3H3,(H,22,25). The lowest BCUT2D eigenvalue weighted by Crippen LogP contribution is -2.32. The molecule has 0 saturated heterocycles. The van der Waals surface area contributed by atoms with E-state index in [4.69, 9.17) is 5.73 Å². The molecule has 0 spiro atoms. The average Bonchev–Trinajstić information content (AvgIpc) is 2.60. The van der Waals surface area contributed by atoms with E-state index < -0.39 is 0 Å². The number of amides is 2. The van der Waals surface area contributed by atoms with Crippen LogP contribution in [0.2, 0.25) is 0 Å². The van der Waals surface area contributed by atoms with Gasteiger partial charge in [0.1, 0.15) is 0 Å². The first-order valence-corrected chi connectivity index (χ1v) is 8.35. The van der Waals surface area contributed by atoms with Crippen LogP contribution in [-0.2, 0) is 11.3 Å². The molecule has 0 unspecified atom stereocenters. The quantitative estimate of drug-likeness (QED) is 0.848. The van der Waals surface area contributed by atoms with Crippen molar-refractivity contribution in [2.75, 3.05) is 13.6 Å². The van der Waals surface area contributed by atoms with Gasteiger partial charge < -0.3 is 16.0 Å². The fourth-order valence-electron chi connectivity index (χ4n) is 2.53. The molecule has 2 aromatic rings. The molecule has 5 nitrogen and oxygen atoms in total. The Balaban J connectivity index is 2.15. The predicted molar refractivity (Wildman–Crippen MR) is 100 cm³/mol. The van der Waals surface area contributed by atoms with E-state index in [1.54, 1.807) is 11.9 Å². The summed E-state index contributed by atoms with van der Waals surface area (Å²) < 4.78 is 0. The highest BCUT2D eigenvalue weighted by Crippen LogP contribution is 2.21. The van der Waals surface area contributed by atoms with Crippen molar-refractivity contribution in [3.05, 3.63) is 59.7 Å². The van der Waals surface area contributed by atoms with E-state index in [2.05, 4.69) is 5.32 Å². The van der Waals surface area contributed by atoms with Gasteiger partial charge in [-0.1, -0.05) is 30.3 Å². The van der Waals surface area contributed by atoms with Gasteiger partial charge in [0.15, 0.2) is 0 Å². The molecule has 2 aromatic carbocycles. The van der Waals surface area contributed by atoms with Crippen LogP contribution in [0.25, 0.3) is 11.1 Å². The van der Waals surface area contributed by atoms with Crippen LogP contribution in [-0.4, -0.2) is 36.3 Å². The van der Waals surface area contributed by atoms with E-state index >= 15 is 0 Å². The fourth-order valence-corrected chi connectivity index (χ4v) is 2.53. The number of benzene rings is 2. The minimum atomic E-state index is -0.0917. The van der Waals surface area contributed by atoms with Crippen molar-refractivity contribution in [1.82, 2.24) is 10.2 Å². The van der Waals surface area contributed by atoms with Crippen molar-refractivity contribution < 1.29 is 9.59 Å². The van der Waals surface area contributed by atoms with Gasteiger partial charge in [0, 0.05) is 25.2 Å². The fraction of sp³-hybridized carbons (Fsp3) is 0.300. The highest BCUT2D eigenvalue weighted by atomic mass is 16.2. The van der Waals surface area contributed by atoms with Gasteiger partial charge in [-0.3, -0.25) is 9.59 Å². The van der Waals surface area contributed by atoms with Gasteiger partial charge in [-0.15, -0.1) is 0 Å². The lowest BCUT2D eigenvalue weighted by atomic mass is 10.0. The lowest BCUT2D eigenvalue weighted by Gasteiger charge is -2.16. The number of rotatable bonds is 6. The summed E-state index contributed by atoms with van der Waals surface area (Å²) in [5, 5.41) is 2.88. The summed E-state index contributed by atoms with van der Waals surface area (Å²) in [6, 6.07) is 15.6. The van der Waals surface area contributed by atoms with Crippen LogP contribution in [0.5, 0.6) is 0 Å². The van der Waals surface area contributed by atoms with E-state index in [9.17, 15) is 9.59 Å². The molecule has 0 bridgehead atoms. The zero-order valence-electron chi connectivity index (χ0n) is 15.0. The molecule has 3 N–H and O–H groups in total. The molecule has 0 aliphatic carbocycles. The van der Waals surface area contributed by atoms with Crippen LogP contribution in [0.1, 0.15) is 29.8 Å². The summed E-state index contributed by atoms with van der Waals surface area (Å²) in [6.07, 6.45) is 0. The monoisotopic (exact) mass is 339 g/mol. The van der Waals surface area contributed by atoms with Crippen molar-refractivity contribution in [3.63, 3.8) is 0 Å². The van der Waals surface area contributed by atoms with Gasteiger partial charge in [0.2, 0.25) is 5.91 Å². The Labute approximate surface area is 148 Å². The molecule has 132 valence electrons. The number of nitrogens with one attached hydrogen (secondary N) is 1. The summed E-state index contributed by atoms with van der Waals surface area (Å²) in [5.74, 6) is -0.164. The van der Waals surface area contributed by atoms with Gasteiger partial charge >= 0.3 is 0 Å². The van der Waals surface area contributed by atoms with Gasteiger partial charge in [0.05, 0.1) is 6.54 Å². The zero-order valence-corrected chi connectivity index (χ0v) is 15.0. The second-order valence-electron chi connectivity index (χ2n) is 6.36. The van der Waals surface area contributed by atoms with Crippen LogP contribution in [0, 0.1) is 0 Å². The highest BCUT2D eigenvalue weighted by Gasteiger charge is 2.09. The SMILES string of the molecule is CC(C)NC(=O)c1ccc(-c2cccc(CN(C)C(=O)CN)c2)cc1. The molecule has 0 heterocycles. The lowest BCUT2D eigenvalue weighted by molar-refractivity contribution is -0.128. The molecular formula is C20H25N3O2. The molecule has 2 rings (SSSR count). The molecule has 0 aliphatic rings. The van der Waals surface area contributed by atoms with Gasteiger partial charge in [-0.05, 0) is 48.7 Å². The topological polar surface area (TPSA) is 75.4 Å². The van der Waals surface area contributed by atoms with E-state index in [1.807, 2.05) is 62.4 Å². The molecular weight excluding hydrogens is 314 g/mol. The first-order chi connectivity index (χ1) is 11.9. The number of likely N-dealkylation sites (N-methyl/N-ethyl adjacent to an activating group) is 1. The van der Waals surface area contributed by atoms with Crippen molar-refractivity contribution in [2.45, 2.75) is 26.4 Å². The molecule has 0 fully saturated rings. The largest absolute Gasteiger partial charge is 0.350 e. The number of hydrogen-bond acceptors (Lipinski definition) is 3. The van der Waals surface area contributed by atoms with Gasteiger partial charge in [-0.2, -0.15) is 0 Å². The third-order valence-electron chi connectivity index (χ3n) is 3.85. The summed E-state index contributed by atoms with van der Waals surface area (Å²) >= 11 is 0. The van der Waals surface area contributed by atoms with Crippen LogP contribution in [0.3, 0.4) is 0 Å². The third-order valence-corrected chi connectivity index (χ3v) is 3.85. The van der Waals surface area contributed by atoms with Crippen LogP contribution in [0.15, 0.2) is 48.5 Å². The molecule has 0 saturated carbocycles. The zero-order chi connectivity index (χ0) is 18.4. The first kappa shape index (κ1) is 18.7. The molecule has 0 radical (unpaired) electrons. The Kier molecular flexibility index (Phi) is 6.31. The van der Waals surface area contributed by atoms with Gasteiger partial charge in [0.25, 0.3) is 5.91 Å². The molecule has 0 aliphatic heterocycles. The number of carbonyl (C=O) groups excluding carboxylic acids is 2. The first-order valence-electron chi connectivity index (χ1n) is 8.35. The Bertz CT molecular complexity index is 739. The Morgan fingerprint density at radius 2 is 1.76 bits per heavy atom. The van der Waals surface area contributed by atoms with Crippen molar-refractivity contribution in [2.24, 2.45) is 5.73 Å². The Morgan fingerprint density at radius 1 is 1.08 bits per heavy atom. The van der Waals surface area contributed by atoms with E-state index in [-0.39, 0.29) is 24.4 Å². The molecule has 25 heavy (non-hydrogen) atoms. The van der Waals surface area contributed by atoms with Gasteiger partial charge in [-0.25, -0.2) is 0 Å². The summed E-state index contributed by atoms with van der Waals surface area (Å²) in [6.45, 7) is 4.39. The summed E-state index contributed by atoms with van der Waals surface area (Å²) in [7, 11) is 1.74. The van der Waals surface area contributed by atoms with Crippen LogP contribution in [0.4, 0.5) is 0 Å². The Morgan fingerprint density at radius 3 is 2.36 bits per heavy atom. The van der Waals surface area contributed by atoms with Crippen molar-refractivity contribution in [1.29, 1.82) is 0 Å². The number of nitrogens with zero attached hydrogens (tertiary/aromatic N) is 1. The summed E-state index contributed by atoms with van der Waals surface area (Å²) in [4.78, 5) is 25.2. The highest BCUT2D eigenvalue weighted by molar-refractivity contribution is 5.94. The van der Waals surface area contributed by atoms with E-state index in [0.29, 0.717) is 12.1 Å². The Hall–Kier alpha value is -2.66. The van der Waals surface area contributed by atoms with Crippen molar-refractivity contribution >= 4 is 11.8 Å². The number of carbonyl (C=O) groups is 2. The van der Waals surface area contributed by atoms with Crippen molar-refractivity contribution in [3.8, 4) is 11.1 Å². The third kappa shape index (κ3) is 5.16. The maximum Gasteiger partial charge on any atom is 0.251 e. The minimum absolute atomic E-state index is 0.0100. The maximum atomic E-state index is 12.0. The maximum absolute atomic E-state index is 12.0. The van der Waals surface area contributed by atoms with E-state index in [0.717, 1.165) is 16.7 Å². The van der Waals surface area contributed by atoms with Crippen LogP contribution < -0.4 is 11.1 Å². The van der Waals surface area contributed by atoms with Crippen LogP contribution >= 0.6 is 0 Å². The summed E-state index contributed by atoms with van der Waals surface area (Å²) in [5.41, 5.74) is 9.13. The molecule has 0 atom stereocenters. The minimum Gasteiger partial charge on any atom is -0.350 e. The average molecular weight is 339 g/mol. The molecule has 0 aromatic heterocycles. The molecule has 5 heteroatoms. The second kappa shape index (κ2) is 8.44.